The molecule has 0 fully saturated rings. The molecule has 1 heterocycles. The summed E-state index contributed by atoms with van der Waals surface area (Å²) in [6.45, 7) is 3.67. The molecule has 78 valence electrons. The van der Waals surface area contributed by atoms with E-state index in [0.717, 1.165) is 0 Å². The predicted molar refractivity (Wildman–Crippen MR) is 59.8 cm³/mol. The van der Waals surface area contributed by atoms with E-state index >= 15 is 0 Å². The van der Waals surface area contributed by atoms with Gasteiger partial charge in [-0.3, -0.25) is 0 Å². The molecule has 0 aliphatic heterocycles. The third-order valence-corrected chi connectivity index (χ3v) is 3.57. The number of halogens is 3. The van der Waals surface area contributed by atoms with Crippen molar-refractivity contribution in [3.8, 4) is 0 Å². The third kappa shape index (κ3) is 2.37. The molecule has 0 saturated carbocycles. The van der Waals surface area contributed by atoms with Crippen LogP contribution in [0.1, 0.15) is 19.7 Å². The molecule has 0 amide bonds. The molecule has 1 rings (SSSR count). The zero-order valence-corrected chi connectivity index (χ0v) is 11.0. The number of rotatable bonds is 2. The van der Waals surface area contributed by atoms with Crippen molar-refractivity contribution in [2.24, 2.45) is 0 Å². The topological polar surface area (TPSA) is 35.0 Å². The highest BCUT2D eigenvalue weighted by atomic mass is 79.9. The lowest BCUT2D eigenvalue weighted by Crippen LogP contribution is -2.23. The van der Waals surface area contributed by atoms with Gasteiger partial charge in [-0.05, 0) is 29.8 Å². The second kappa shape index (κ2) is 4.31. The Balaban J connectivity index is 3.26. The molecular formula is C8H9BrCl2N2O. The van der Waals surface area contributed by atoms with Crippen molar-refractivity contribution in [1.29, 1.82) is 0 Å². The summed E-state index contributed by atoms with van der Waals surface area (Å²) in [6.07, 6.45) is 0. The maximum absolute atomic E-state index is 5.84. The minimum Gasteiger partial charge on any atom is -0.371 e. The van der Waals surface area contributed by atoms with Crippen LogP contribution in [0.3, 0.4) is 0 Å². The Morgan fingerprint density at radius 1 is 1.21 bits per heavy atom. The highest BCUT2D eigenvalue weighted by Gasteiger charge is 2.25. The van der Waals surface area contributed by atoms with Gasteiger partial charge in [-0.1, -0.05) is 23.2 Å². The molecule has 0 aliphatic carbocycles. The van der Waals surface area contributed by atoms with E-state index in [0.29, 0.717) is 10.3 Å². The first-order chi connectivity index (χ1) is 6.38. The van der Waals surface area contributed by atoms with E-state index in [4.69, 9.17) is 27.9 Å². The largest absolute Gasteiger partial charge is 0.371 e. The molecule has 0 atom stereocenters. The normalized spacial score (nSPS) is 11.9. The number of hydrogen-bond acceptors (Lipinski definition) is 3. The van der Waals surface area contributed by atoms with E-state index in [2.05, 4.69) is 25.9 Å². The van der Waals surface area contributed by atoms with Gasteiger partial charge >= 0.3 is 0 Å². The second-order valence-electron chi connectivity index (χ2n) is 3.16. The van der Waals surface area contributed by atoms with Crippen molar-refractivity contribution in [2.75, 3.05) is 7.11 Å². The van der Waals surface area contributed by atoms with Gasteiger partial charge in [-0.25, -0.2) is 9.97 Å². The van der Waals surface area contributed by atoms with Crippen LogP contribution in [0.15, 0.2) is 4.47 Å². The maximum atomic E-state index is 5.84. The smallest absolute Gasteiger partial charge is 0.163 e. The molecule has 1 aromatic heterocycles. The van der Waals surface area contributed by atoms with E-state index in [1.54, 1.807) is 7.11 Å². The summed E-state index contributed by atoms with van der Waals surface area (Å²) in [6, 6.07) is 0. The summed E-state index contributed by atoms with van der Waals surface area (Å²) in [5, 5.41) is 0.565. The van der Waals surface area contributed by atoms with E-state index in [-0.39, 0.29) is 10.3 Å². The number of methoxy groups -OCH3 is 1. The van der Waals surface area contributed by atoms with Gasteiger partial charge in [0.2, 0.25) is 0 Å². The number of aromatic nitrogens is 2. The molecule has 0 unspecified atom stereocenters. The first kappa shape index (κ1) is 12.2. The van der Waals surface area contributed by atoms with Gasteiger partial charge in [0.15, 0.2) is 5.82 Å². The molecule has 0 aliphatic rings. The quantitative estimate of drug-likeness (QED) is 0.785. The lowest BCUT2D eigenvalue weighted by atomic mass is 10.1. The lowest BCUT2D eigenvalue weighted by molar-refractivity contribution is 0.0114. The van der Waals surface area contributed by atoms with Crippen LogP contribution in [0.2, 0.25) is 10.3 Å². The molecule has 1 aromatic rings. The zero-order chi connectivity index (χ0) is 10.9. The fourth-order valence-corrected chi connectivity index (χ4v) is 1.32. The predicted octanol–water partition coefficient (Wildman–Crippen LogP) is 3.43. The van der Waals surface area contributed by atoms with Crippen molar-refractivity contribution >= 4 is 39.1 Å². The summed E-state index contributed by atoms with van der Waals surface area (Å²) in [4.78, 5) is 8.15. The van der Waals surface area contributed by atoms with Gasteiger partial charge in [0.25, 0.3) is 0 Å². The highest BCUT2D eigenvalue weighted by molar-refractivity contribution is 9.10. The van der Waals surface area contributed by atoms with Gasteiger partial charge in [0.1, 0.15) is 15.9 Å². The van der Waals surface area contributed by atoms with E-state index in [1.165, 1.54) is 0 Å². The first-order valence-corrected chi connectivity index (χ1v) is 5.37. The molecule has 0 aromatic carbocycles. The Kier molecular flexibility index (Phi) is 3.75. The number of ether oxygens (including phenoxy) is 1. The van der Waals surface area contributed by atoms with E-state index in [9.17, 15) is 0 Å². The molecular weight excluding hydrogens is 291 g/mol. The Morgan fingerprint density at radius 3 is 2.00 bits per heavy atom. The summed E-state index contributed by atoms with van der Waals surface area (Å²) >= 11 is 14.9. The molecule has 0 bridgehead atoms. The Morgan fingerprint density at radius 2 is 1.64 bits per heavy atom. The molecule has 3 nitrogen and oxygen atoms in total. The Bertz CT molecular complexity index is 334. The fourth-order valence-electron chi connectivity index (χ4n) is 0.755. The molecule has 0 N–H and O–H groups in total. The average molecular weight is 300 g/mol. The minimum absolute atomic E-state index is 0.283. The second-order valence-corrected chi connectivity index (χ2v) is 4.67. The van der Waals surface area contributed by atoms with Crippen LogP contribution in [0, 0.1) is 0 Å². The van der Waals surface area contributed by atoms with E-state index < -0.39 is 5.60 Å². The first-order valence-electron chi connectivity index (χ1n) is 3.82. The summed E-state index contributed by atoms with van der Waals surface area (Å²) in [5.41, 5.74) is -0.603. The van der Waals surface area contributed by atoms with Crippen LogP contribution >= 0.6 is 39.1 Å². The highest BCUT2D eigenvalue weighted by Crippen LogP contribution is 2.30. The third-order valence-electron chi connectivity index (χ3n) is 1.82. The SMILES string of the molecule is COC(C)(C)c1nc(Cl)c(Br)c(Cl)n1. The van der Waals surface area contributed by atoms with Crippen molar-refractivity contribution in [2.45, 2.75) is 19.4 Å². The molecule has 0 radical (unpaired) electrons. The summed E-state index contributed by atoms with van der Waals surface area (Å²) in [7, 11) is 1.58. The monoisotopic (exact) mass is 298 g/mol. The minimum atomic E-state index is -0.603. The zero-order valence-electron chi connectivity index (χ0n) is 7.94. The number of nitrogens with zero attached hydrogens (tertiary/aromatic N) is 2. The molecule has 0 spiro atoms. The van der Waals surface area contributed by atoms with E-state index in [1.807, 2.05) is 13.8 Å². The Hall–Kier alpha value is 0.1000. The van der Waals surface area contributed by atoms with Gasteiger partial charge in [0, 0.05) is 7.11 Å². The van der Waals surface area contributed by atoms with Crippen LogP contribution in [-0.2, 0) is 10.3 Å². The summed E-state index contributed by atoms with van der Waals surface area (Å²) in [5.74, 6) is 0.457. The van der Waals surface area contributed by atoms with Crippen molar-refractivity contribution in [3.05, 3.63) is 20.6 Å². The Labute approximate surface area is 101 Å². The van der Waals surface area contributed by atoms with Gasteiger partial charge < -0.3 is 4.74 Å². The molecule has 0 saturated heterocycles. The van der Waals surface area contributed by atoms with Crippen molar-refractivity contribution < 1.29 is 4.74 Å². The van der Waals surface area contributed by atoms with Crippen molar-refractivity contribution in [3.63, 3.8) is 0 Å². The van der Waals surface area contributed by atoms with Crippen LogP contribution in [0.4, 0.5) is 0 Å². The fraction of sp³-hybridized carbons (Fsp3) is 0.500. The van der Waals surface area contributed by atoms with Crippen LogP contribution in [-0.4, -0.2) is 17.1 Å². The van der Waals surface area contributed by atoms with Crippen molar-refractivity contribution in [1.82, 2.24) is 9.97 Å². The summed E-state index contributed by atoms with van der Waals surface area (Å²) < 4.78 is 5.71. The molecule has 14 heavy (non-hydrogen) atoms. The van der Waals surface area contributed by atoms with Crippen LogP contribution in [0.5, 0.6) is 0 Å². The standard InChI is InChI=1S/C8H9BrCl2N2O/c1-8(2,14-3)7-12-5(10)4(9)6(11)13-7/h1-3H3. The van der Waals surface area contributed by atoms with Gasteiger partial charge in [0.05, 0.1) is 4.47 Å². The average Bonchev–Trinajstić information content (AvgIpc) is 2.13. The van der Waals surface area contributed by atoms with Gasteiger partial charge in [-0.15, -0.1) is 0 Å². The molecule has 6 heteroatoms. The van der Waals surface area contributed by atoms with Crippen LogP contribution < -0.4 is 0 Å². The number of hydrogen-bond donors (Lipinski definition) is 0. The van der Waals surface area contributed by atoms with Gasteiger partial charge in [-0.2, -0.15) is 0 Å². The van der Waals surface area contributed by atoms with Crippen LogP contribution in [0.25, 0.3) is 0 Å². The lowest BCUT2D eigenvalue weighted by Gasteiger charge is -2.21. The maximum Gasteiger partial charge on any atom is 0.163 e.